The molecule has 2 aromatic heterocycles. The maximum atomic E-state index is 12.8. The van der Waals surface area contributed by atoms with Crippen LogP contribution >= 0.6 is 23.4 Å². The van der Waals surface area contributed by atoms with Crippen molar-refractivity contribution in [3.63, 3.8) is 0 Å². The van der Waals surface area contributed by atoms with Crippen LogP contribution in [0.4, 0.5) is 13.2 Å². The molecule has 0 aliphatic rings. The second kappa shape index (κ2) is 8.32. The monoisotopic (exact) mass is 426 g/mol. The van der Waals surface area contributed by atoms with Gasteiger partial charge in [-0.2, -0.15) is 18.1 Å². The second-order valence-corrected chi connectivity index (χ2v) is 7.34. The van der Waals surface area contributed by atoms with Crippen LogP contribution in [0.5, 0.6) is 0 Å². The largest absolute Gasteiger partial charge is 0.417 e. The number of pyridine rings is 1. The van der Waals surface area contributed by atoms with Crippen molar-refractivity contribution in [2.45, 2.75) is 24.3 Å². The summed E-state index contributed by atoms with van der Waals surface area (Å²) in [6, 6.07) is 7.69. The second-order valence-electron chi connectivity index (χ2n) is 5.95. The van der Waals surface area contributed by atoms with Gasteiger partial charge in [-0.05, 0) is 18.6 Å². The molecule has 10 heteroatoms. The van der Waals surface area contributed by atoms with Gasteiger partial charge in [-0.1, -0.05) is 58.4 Å². The highest BCUT2D eigenvalue weighted by Crippen LogP contribution is 2.33. The Morgan fingerprint density at radius 2 is 1.96 bits per heavy atom. The summed E-state index contributed by atoms with van der Waals surface area (Å²) in [4.78, 5) is 19.3. The number of halogens is 4. The van der Waals surface area contributed by atoms with Gasteiger partial charge in [-0.3, -0.25) is 4.57 Å². The molecule has 0 fully saturated rings. The molecule has 146 valence electrons. The number of nitroso groups, excluding NO2 is 1. The number of alkyl halides is 3. The third-order valence-corrected chi connectivity index (χ3v) is 5.26. The van der Waals surface area contributed by atoms with Crippen LogP contribution in [0.15, 0.2) is 59.3 Å². The number of benzene rings is 1. The molecule has 0 bridgehead atoms. The van der Waals surface area contributed by atoms with Crippen molar-refractivity contribution in [1.82, 2.24) is 14.5 Å². The highest BCUT2D eigenvalue weighted by molar-refractivity contribution is 7.99. The fourth-order valence-corrected chi connectivity index (χ4v) is 3.69. The minimum absolute atomic E-state index is 0.126. The zero-order valence-corrected chi connectivity index (χ0v) is 16.1. The molecule has 0 radical (unpaired) electrons. The Bertz CT molecular complexity index is 976. The van der Waals surface area contributed by atoms with E-state index in [2.05, 4.69) is 15.1 Å². The minimum Gasteiger partial charge on any atom is -0.278 e. The smallest absolute Gasteiger partial charge is 0.278 e. The molecule has 0 saturated carbocycles. The zero-order chi connectivity index (χ0) is 20.3. The van der Waals surface area contributed by atoms with E-state index in [-0.39, 0.29) is 10.8 Å². The summed E-state index contributed by atoms with van der Waals surface area (Å²) in [5, 5.41) is 3.46. The third kappa shape index (κ3) is 4.53. The van der Waals surface area contributed by atoms with E-state index in [0.29, 0.717) is 10.9 Å². The summed E-state index contributed by atoms with van der Waals surface area (Å²) < 4.78 is 39.9. The topological polar surface area (TPSA) is 60.1 Å². The van der Waals surface area contributed by atoms with Crippen molar-refractivity contribution in [2.75, 3.05) is 5.75 Å². The van der Waals surface area contributed by atoms with Crippen LogP contribution in [0.1, 0.15) is 22.7 Å². The number of nitrogens with zero attached hydrogens (tertiary/aromatic N) is 4. The Morgan fingerprint density at radius 3 is 2.57 bits per heavy atom. The first-order valence-corrected chi connectivity index (χ1v) is 9.44. The van der Waals surface area contributed by atoms with Crippen LogP contribution in [0.3, 0.4) is 0 Å². The molecule has 28 heavy (non-hydrogen) atoms. The maximum Gasteiger partial charge on any atom is 0.417 e. The summed E-state index contributed by atoms with van der Waals surface area (Å²) in [7, 11) is 0. The first-order chi connectivity index (χ1) is 13.3. The number of imidazole rings is 1. The Balaban J connectivity index is 1.80. The molecular formula is C18H14ClF3N4OS. The van der Waals surface area contributed by atoms with E-state index in [0.717, 1.165) is 23.4 Å². The van der Waals surface area contributed by atoms with Gasteiger partial charge in [0, 0.05) is 24.3 Å². The van der Waals surface area contributed by atoms with Gasteiger partial charge in [0.05, 0.1) is 10.6 Å². The van der Waals surface area contributed by atoms with Crippen LogP contribution < -0.4 is 0 Å². The van der Waals surface area contributed by atoms with Gasteiger partial charge in [0.2, 0.25) is 0 Å². The van der Waals surface area contributed by atoms with Crippen molar-refractivity contribution in [1.29, 1.82) is 0 Å². The van der Waals surface area contributed by atoms with Crippen molar-refractivity contribution >= 4 is 23.4 Å². The molecule has 5 nitrogen and oxygen atoms in total. The van der Waals surface area contributed by atoms with Gasteiger partial charge in [-0.15, -0.1) is 0 Å². The Hall–Kier alpha value is -2.39. The van der Waals surface area contributed by atoms with E-state index >= 15 is 0 Å². The zero-order valence-electron chi connectivity index (χ0n) is 14.5. The van der Waals surface area contributed by atoms with Crippen LogP contribution in [-0.2, 0) is 6.18 Å². The minimum atomic E-state index is -4.53. The van der Waals surface area contributed by atoms with E-state index < -0.39 is 17.8 Å². The molecular weight excluding hydrogens is 413 g/mol. The molecule has 2 heterocycles. The van der Waals surface area contributed by atoms with Gasteiger partial charge >= 0.3 is 6.18 Å². The van der Waals surface area contributed by atoms with Crippen LogP contribution in [0.2, 0.25) is 5.02 Å². The lowest BCUT2D eigenvalue weighted by atomic mass is 10.1. The summed E-state index contributed by atoms with van der Waals surface area (Å²) in [6.45, 7) is 1.94. The first kappa shape index (κ1) is 20.3. The van der Waals surface area contributed by atoms with Crippen LogP contribution in [0.25, 0.3) is 5.82 Å². The van der Waals surface area contributed by atoms with Gasteiger partial charge in [0.15, 0.2) is 11.0 Å². The van der Waals surface area contributed by atoms with E-state index in [1.807, 2.05) is 31.2 Å². The Morgan fingerprint density at radius 1 is 1.25 bits per heavy atom. The molecule has 1 aromatic carbocycles. The standard InChI is InChI=1S/C18H14ClF3N4OS/c1-11-2-4-12(5-3-11)15(25-27)10-28-17-23-6-7-26(17)16-14(19)8-13(9-24-16)18(20,21)22/h2-9,15H,10H2,1H3. The molecule has 0 aliphatic carbocycles. The summed E-state index contributed by atoms with van der Waals surface area (Å²) in [5.41, 5.74) is 0.914. The lowest BCUT2D eigenvalue weighted by Crippen LogP contribution is -2.08. The fourth-order valence-electron chi connectivity index (χ4n) is 2.45. The Kier molecular flexibility index (Phi) is 6.04. The predicted octanol–water partition coefficient (Wildman–Crippen LogP) is 5.85. The molecule has 3 rings (SSSR count). The highest BCUT2D eigenvalue weighted by atomic mass is 35.5. The molecule has 3 aromatic rings. The lowest BCUT2D eigenvalue weighted by Gasteiger charge is -2.12. The van der Waals surface area contributed by atoms with Crippen molar-refractivity contribution in [2.24, 2.45) is 5.18 Å². The average Bonchev–Trinajstić information content (AvgIpc) is 3.11. The normalized spacial score (nSPS) is 12.8. The van der Waals surface area contributed by atoms with Gasteiger partial charge in [-0.25, -0.2) is 9.97 Å². The van der Waals surface area contributed by atoms with E-state index in [1.165, 1.54) is 22.5 Å². The summed E-state index contributed by atoms with van der Waals surface area (Å²) in [6.07, 6.45) is -0.789. The van der Waals surface area contributed by atoms with Gasteiger partial charge in [0.1, 0.15) is 6.04 Å². The molecule has 0 N–H and O–H groups in total. The van der Waals surface area contributed by atoms with E-state index in [1.54, 1.807) is 6.20 Å². The first-order valence-electron chi connectivity index (χ1n) is 8.08. The molecule has 0 spiro atoms. The average molecular weight is 427 g/mol. The molecule has 0 aliphatic heterocycles. The fraction of sp³-hybridized carbons (Fsp3) is 0.222. The van der Waals surface area contributed by atoms with Gasteiger partial charge in [0.25, 0.3) is 0 Å². The number of thioether (sulfide) groups is 1. The van der Waals surface area contributed by atoms with Crippen molar-refractivity contribution in [3.8, 4) is 5.82 Å². The van der Waals surface area contributed by atoms with E-state index in [4.69, 9.17) is 11.6 Å². The molecule has 1 unspecified atom stereocenters. The molecule has 1 atom stereocenters. The van der Waals surface area contributed by atoms with Crippen molar-refractivity contribution in [3.05, 3.63) is 75.5 Å². The van der Waals surface area contributed by atoms with Crippen LogP contribution in [0, 0.1) is 11.8 Å². The SMILES string of the molecule is Cc1ccc(C(CSc2nccn2-c2ncc(C(F)(F)F)cc2Cl)N=O)cc1. The summed E-state index contributed by atoms with van der Waals surface area (Å²) >= 11 is 7.25. The van der Waals surface area contributed by atoms with Crippen molar-refractivity contribution < 1.29 is 13.2 Å². The van der Waals surface area contributed by atoms with Gasteiger partial charge < -0.3 is 0 Å². The number of hydrogen-bond donors (Lipinski definition) is 0. The number of aryl methyl sites for hydroxylation is 1. The van der Waals surface area contributed by atoms with E-state index in [9.17, 15) is 18.1 Å². The molecule has 0 amide bonds. The lowest BCUT2D eigenvalue weighted by molar-refractivity contribution is -0.137. The highest BCUT2D eigenvalue weighted by Gasteiger charge is 2.32. The number of aromatic nitrogens is 3. The Labute approximate surface area is 167 Å². The predicted molar refractivity (Wildman–Crippen MR) is 102 cm³/mol. The maximum absolute atomic E-state index is 12.8. The summed E-state index contributed by atoms with van der Waals surface area (Å²) in [5.74, 6) is 0.433. The number of hydrogen-bond acceptors (Lipinski definition) is 5. The quantitative estimate of drug-likeness (QED) is 0.366. The number of rotatable bonds is 6. The van der Waals surface area contributed by atoms with Crippen LogP contribution in [-0.4, -0.2) is 20.3 Å². The molecule has 0 saturated heterocycles. The third-order valence-electron chi connectivity index (χ3n) is 3.94.